The first kappa shape index (κ1) is 63.2. The van der Waals surface area contributed by atoms with Gasteiger partial charge in [0, 0.05) is 6.42 Å². The van der Waals surface area contributed by atoms with Crippen molar-refractivity contribution in [3.63, 3.8) is 0 Å². The highest BCUT2D eigenvalue weighted by atomic mass is 31.2. The summed E-state index contributed by atoms with van der Waals surface area (Å²) in [7, 11) is 1.53. The third-order valence-corrected chi connectivity index (χ3v) is 12.0. The average Bonchev–Trinajstić information content (AvgIpc) is 3.28. The summed E-state index contributed by atoms with van der Waals surface area (Å²) in [5.41, 5.74) is 0. The Balaban J connectivity index is 4.24. The van der Waals surface area contributed by atoms with Crippen LogP contribution in [0.1, 0.15) is 194 Å². The van der Waals surface area contributed by atoms with Gasteiger partial charge in [-0.3, -0.25) is 13.8 Å². The van der Waals surface area contributed by atoms with Crippen molar-refractivity contribution in [3.8, 4) is 0 Å². The molecule has 3 N–H and O–H groups in total. The summed E-state index contributed by atoms with van der Waals surface area (Å²) >= 11 is 0. The Hall–Kier alpha value is -2.84. The van der Waals surface area contributed by atoms with Gasteiger partial charge in [0.15, 0.2) is 0 Å². The molecule has 0 fully saturated rings. The lowest BCUT2D eigenvalue weighted by atomic mass is 10.1. The van der Waals surface area contributed by atoms with Gasteiger partial charge in [-0.1, -0.05) is 207 Å². The first-order valence-corrected chi connectivity index (χ1v) is 27.8. The van der Waals surface area contributed by atoms with Crippen LogP contribution in [-0.4, -0.2) is 73.4 Å². The predicted octanol–water partition coefficient (Wildman–Crippen LogP) is 15.6. The highest BCUT2D eigenvalue weighted by molar-refractivity contribution is 7.47. The zero-order valence-corrected chi connectivity index (χ0v) is 43.8. The Morgan fingerprint density at radius 3 is 1.39 bits per heavy atom. The predicted molar refractivity (Wildman–Crippen MR) is 285 cm³/mol. The van der Waals surface area contributed by atoms with E-state index in [2.05, 4.69) is 116 Å². The minimum Gasteiger partial charge on any atom is -0.387 e. The van der Waals surface area contributed by atoms with Gasteiger partial charge in [0.25, 0.3) is 0 Å². The number of carbonyl (C=O) groups is 1. The molecule has 3 atom stereocenters. The second-order valence-electron chi connectivity index (χ2n) is 18.5. The molecule has 0 aliphatic heterocycles. The summed E-state index contributed by atoms with van der Waals surface area (Å²) in [5, 5.41) is 13.8. The number of aliphatic hydroxyl groups excluding tert-OH is 1. The SMILES string of the molecule is CC/C=C\C/C=C\C/C=C\C/C=C\C/C=C\C/C=C\C/C=C\CCCCCCCCCCCC(=O)NC(COP(=O)(O)OCC[N+](C)(C)C)C(O)/C=C/CC/C=C/CCCCCCCCC. The van der Waals surface area contributed by atoms with Crippen LogP contribution in [0.15, 0.2) is 109 Å². The van der Waals surface area contributed by atoms with Crippen molar-refractivity contribution in [2.75, 3.05) is 40.9 Å². The number of hydrogen-bond donors (Lipinski definition) is 3. The maximum atomic E-state index is 12.9. The number of nitrogens with one attached hydrogen (secondary N) is 1. The lowest BCUT2D eigenvalue weighted by Crippen LogP contribution is -2.45. The summed E-state index contributed by atoms with van der Waals surface area (Å²) in [5.74, 6) is -0.200. The maximum Gasteiger partial charge on any atom is 0.472 e. The van der Waals surface area contributed by atoms with Gasteiger partial charge in [-0.25, -0.2) is 4.57 Å². The molecule has 1 amide bonds. The molecular formula is C57H100N2O6P+. The van der Waals surface area contributed by atoms with E-state index in [9.17, 15) is 19.4 Å². The van der Waals surface area contributed by atoms with Gasteiger partial charge in [0.1, 0.15) is 13.2 Å². The summed E-state index contributed by atoms with van der Waals surface area (Å²) in [6.07, 6.45) is 68.9. The molecule has 0 aromatic heterocycles. The van der Waals surface area contributed by atoms with Crippen molar-refractivity contribution in [1.82, 2.24) is 5.32 Å². The molecule has 3 unspecified atom stereocenters. The molecule has 0 heterocycles. The van der Waals surface area contributed by atoms with E-state index < -0.39 is 20.0 Å². The fraction of sp³-hybridized carbons (Fsp3) is 0.667. The first-order valence-electron chi connectivity index (χ1n) is 26.3. The molecule has 0 aromatic rings. The van der Waals surface area contributed by atoms with E-state index in [0.717, 1.165) is 89.9 Å². The van der Waals surface area contributed by atoms with Crippen molar-refractivity contribution >= 4 is 13.7 Å². The third kappa shape index (κ3) is 49.1. The number of amides is 1. The second-order valence-corrected chi connectivity index (χ2v) is 20.0. The zero-order valence-electron chi connectivity index (χ0n) is 42.9. The van der Waals surface area contributed by atoms with Gasteiger partial charge >= 0.3 is 7.82 Å². The van der Waals surface area contributed by atoms with Crippen molar-refractivity contribution in [3.05, 3.63) is 109 Å². The number of phosphoric acid groups is 1. The Labute approximate surface area is 406 Å². The van der Waals surface area contributed by atoms with Crippen LogP contribution >= 0.6 is 7.82 Å². The molecule has 0 spiro atoms. The minimum atomic E-state index is -4.36. The molecule has 66 heavy (non-hydrogen) atoms. The number of rotatable bonds is 46. The summed E-state index contributed by atoms with van der Waals surface area (Å²) in [6.45, 7) is 4.64. The monoisotopic (exact) mass is 940 g/mol. The molecule has 8 nitrogen and oxygen atoms in total. The number of aliphatic hydroxyl groups is 1. The van der Waals surface area contributed by atoms with E-state index in [4.69, 9.17) is 9.05 Å². The number of phosphoric ester groups is 1. The van der Waals surface area contributed by atoms with E-state index in [0.29, 0.717) is 17.4 Å². The van der Waals surface area contributed by atoms with Crippen LogP contribution in [-0.2, 0) is 18.4 Å². The molecule has 378 valence electrons. The van der Waals surface area contributed by atoms with Crippen molar-refractivity contribution < 1.29 is 32.9 Å². The van der Waals surface area contributed by atoms with Gasteiger partial charge in [0.2, 0.25) is 5.91 Å². The smallest absolute Gasteiger partial charge is 0.387 e. The molecule has 9 heteroatoms. The van der Waals surface area contributed by atoms with E-state index in [1.165, 1.54) is 83.5 Å². The second kappa shape index (κ2) is 47.2. The van der Waals surface area contributed by atoms with E-state index >= 15 is 0 Å². The number of allylic oxidation sites excluding steroid dienone is 17. The van der Waals surface area contributed by atoms with Crippen molar-refractivity contribution in [2.24, 2.45) is 0 Å². The highest BCUT2D eigenvalue weighted by Gasteiger charge is 2.27. The largest absolute Gasteiger partial charge is 0.472 e. The highest BCUT2D eigenvalue weighted by Crippen LogP contribution is 2.43. The normalized spacial score (nSPS) is 15.0. The van der Waals surface area contributed by atoms with Crippen LogP contribution in [0.25, 0.3) is 0 Å². The number of quaternary nitrogens is 1. The van der Waals surface area contributed by atoms with Crippen molar-refractivity contribution in [1.29, 1.82) is 0 Å². The number of carbonyl (C=O) groups excluding carboxylic acids is 1. The summed E-state index contributed by atoms with van der Waals surface area (Å²) in [6, 6.07) is -0.873. The van der Waals surface area contributed by atoms with Crippen LogP contribution in [0, 0.1) is 0 Å². The summed E-state index contributed by atoms with van der Waals surface area (Å²) in [4.78, 5) is 23.2. The van der Waals surface area contributed by atoms with Crippen LogP contribution in [0.5, 0.6) is 0 Å². The Kier molecular flexibility index (Phi) is 45.2. The number of nitrogens with zero attached hydrogens (tertiary/aromatic N) is 1. The molecule has 0 saturated carbocycles. The quantitative estimate of drug-likeness (QED) is 0.0243. The first-order chi connectivity index (χ1) is 32.0. The fourth-order valence-corrected chi connectivity index (χ4v) is 7.60. The van der Waals surface area contributed by atoms with Gasteiger partial charge in [-0.2, -0.15) is 0 Å². The lowest BCUT2D eigenvalue weighted by molar-refractivity contribution is -0.870. The minimum absolute atomic E-state index is 0.0493. The number of likely N-dealkylation sites (N-methyl/N-ethyl adjacent to an activating group) is 1. The number of unbranched alkanes of at least 4 members (excludes halogenated alkanes) is 17. The molecule has 0 radical (unpaired) electrons. The van der Waals surface area contributed by atoms with Gasteiger partial charge in [-0.05, 0) is 89.9 Å². The molecule has 0 saturated heterocycles. The van der Waals surface area contributed by atoms with Crippen LogP contribution in [0.2, 0.25) is 0 Å². The standard InChI is InChI=1S/C57H99N2O6P/c1-6-8-10-12-14-16-18-20-21-22-23-24-25-26-27-28-29-30-31-32-33-34-35-36-37-39-41-43-45-47-49-51-57(61)58-55(54-65-66(62,63)64-53-52-59(3,4)5)56(60)50-48-46-44-42-40-38-19-17-15-13-11-9-7-2/h8,10,14,16,20-21,23-24,26-27,29-30,32-33,40,42,48,50,55-56,60H,6-7,9,11-13,15,17-19,22,25,28,31,34-39,41,43-47,49,51-54H2,1-5H3,(H-,58,61,62,63)/p+1/b10-8-,16-14-,21-20-,24-23-,27-26-,30-29-,33-32-,42-40+,50-48+. The molecule has 0 aromatic carbocycles. The molecule has 0 bridgehead atoms. The maximum absolute atomic E-state index is 12.9. The summed E-state index contributed by atoms with van der Waals surface area (Å²) < 4.78 is 23.6. The van der Waals surface area contributed by atoms with E-state index in [1.54, 1.807) is 6.08 Å². The third-order valence-electron chi connectivity index (χ3n) is 11.0. The van der Waals surface area contributed by atoms with Gasteiger partial charge < -0.3 is 19.8 Å². The Bertz CT molecular complexity index is 1440. The fourth-order valence-electron chi connectivity index (χ4n) is 6.86. The average molecular weight is 940 g/mol. The van der Waals surface area contributed by atoms with E-state index in [1.807, 2.05) is 27.2 Å². The molecule has 0 aliphatic carbocycles. The van der Waals surface area contributed by atoms with Crippen LogP contribution < -0.4 is 5.32 Å². The van der Waals surface area contributed by atoms with E-state index in [-0.39, 0.29) is 19.1 Å². The Morgan fingerprint density at radius 2 is 0.924 bits per heavy atom. The lowest BCUT2D eigenvalue weighted by Gasteiger charge is -2.25. The van der Waals surface area contributed by atoms with Crippen LogP contribution in [0.3, 0.4) is 0 Å². The number of hydrogen-bond acceptors (Lipinski definition) is 5. The zero-order chi connectivity index (χ0) is 48.5. The molecule has 0 aliphatic rings. The molecular weight excluding hydrogens is 840 g/mol. The Morgan fingerprint density at radius 1 is 0.530 bits per heavy atom. The van der Waals surface area contributed by atoms with Gasteiger partial charge in [0.05, 0.1) is 39.9 Å². The van der Waals surface area contributed by atoms with Crippen LogP contribution in [0.4, 0.5) is 0 Å². The topological polar surface area (TPSA) is 105 Å². The van der Waals surface area contributed by atoms with Crippen molar-refractivity contribution in [2.45, 2.75) is 206 Å². The van der Waals surface area contributed by atoms with Gasteiger partial charge in [-0.15, -0.1) is 0 Å². The molecule has 0 rings (SSSR count).